The summed E-state index contributed by atoms with van der Waals surface area (Å²) >= 11 is 0. The van der Waals surface area contributed by atoms with Crippen LogP contribution in [0, 0.1) is 0 Å². The monoisotopic (exact) mass is 276 g/mol. The van der Waals surface area contributed by atoms with Gasteiger partial charge in [-0.1, -0.05) is 18.2 Å². The Morgan fingerprint density at radius 2 is 2.20 bits per heavy atom. The number of nitrogens with one attached hydrogen (secondary N) is 1. The van der Waals surface area contributed by atoms with Crippen molar-refractivity contribution in [2.24, 2.45) is 0 Å². The molecule has 2 atom stereocenters. The fourth-order valence-corrected chi connectivity index (χ4v) is 2.93. The molecular formula is C17H28N2O. The first kappa shape index (κ1) is 15.3. The predicted molar refractivity (Wildman–Crippen MR) is 84.4 cm³/mol. The summed E-state index contributed by atoms with van der Waals surface area (Å²) in [5, 5.41) is 3.57. The molecule has 20 heavy (non-hydrogen) atoms. The van der Waals surface area contributed by atoms with E-state index < -0.39 is 0 Å². The van der Waals surface area contributed by atoms with Gasteiger partial charge in [0.15, 0.2) is 0 Å². The van der Waals surface area contributed by atoms with Crippen LogP contribution in [0.4, 0.5) is 0 Å². The summed E-state index contributed by atoms with van der Waals surface area (Å²) in [5.41, 5.74) is 1.30. The van der Waals surface area contributed by atoms with Crippen LogP contribution < -0.4 is 10.1 Å². The zero-order valence-electron chi connectivity index (χ0n) is 13.1. The second kappa shape index (κ2) is 7.65. The van der Waals surface area contributed by atoms with Crippen LogP contribution in [0.3, 0.4) is 0 Å². The van der Waals surface area contributed by atoms with Gasteiger partial charge in [-0.05, 0) is 64.4 Å². The zero-order valence-corrected chi connectivity index (χ0v) is 13.1. The van der Waals surface area contributed by atoms with Crippen molar-refractivity contribution in [3.8, 4) is 5.75 Å². The molecule has 1 heterocycles. The smallest absolute Gasteiger partial charge is 0.122 e. The van der Waals surface area contributed by atoms with Crippen LogP contribution >= 0.6 is 0 Å². The van der Waals surface area contributed by atoms with Crippen LogP contribution in [0.25, 0.3) is 0 Å². The average Bonchev–Trinajstić information content (AvgIpc) is 2.98. The fourth-order valence-electron chi connectivity index (χ4n) is 2.93. The first-order chi connectivity index (χ1) is 9.70. The van der Waals surface area contributed by atoms with Crippen LogP contribution in [-0.4, -0.2) is 44.2 Å². The first-order valence-corrected chi connectivity index (χ1v) is 7.76. The van der Waals surface area contributed by atoms with Gasteiger partial charge in [-0.3, -0.25) is 0 Å². The summed E-state index contributed by atoms with van der Waals surface area (Å²) in [6, 6.07) is 9.60. The van der Waals surface area contributed by atoms with E-state index in [2.05, 4.69) is 36.3 Å². The summed E-state index contributed by atoms with van der Waals surface area (Å²) in [4.78, 5) is 2.46. The summed E-state index contributed by atoms with van der Waals surface area (Å²) in [5.74, 6) is 1.00. The van der Waals surface area contributed by atoms with E-state index in [-0.39, 0.29) is 0 Å². The standard InChI is InChI=1S/C17H28N2O/c1-14(13-15-7-4-5-9-17(15)20-3)19(2)12-10-16-8-6-11-18-16/h4-5,7,9,14,16,18H,6,8,10-13H2,1-3H3. The summed E-state index contributed by atoms with van der Waals surface area (Å²) < 4.78 is 5.44. The highest BCUT2D eigenvalue weighted by Crippen LogP contribution is 2.20. The lowest BCUT2D eigenvalue weighted by molar-refractivity contribution is 0.242. The average molecular weight is 276 g/mol. The number of nitrogens with zero attached hydrogens (tertiary/aromatic N) is 1. The predicted octanol–water partition coefficient (Wildman–Crippen LogP) is 2.70. The van der Waals surface area contributed by atoms with E-state index in [1.165, 1.54) is 31.4 Å². The second-order valence-corrected chi connectivity index (χ2v) is 5.93. The lowest BCUT2D eigenvalue weighted by Crippen LogP contribution is -2.35. The molecule has 1 saturated heterocycles. The van der Waals surface area contributed by atoms with E-state index in [9.17, 15) is 0 Å². The van der Waals surface area contributed by atoms with Gasteiger partial charge in [0.1, 0.15) is 5.75 Å². The number of hydrogen-bond acceptors (Lipinski definition) is 3. The molecule has 0 radical (unpaired) electrons. The highest BCUT2D eigenvalue weighted by molar-refractivity contribution is 5.33. The number of hydrogen-bond donors (Lipinski definition) is 1. The molecule has 2 rings (SSSR count). The van der Waals surface area contributed by atoms with Crippen molar-refractivity contribution in [1.29, 1.82) is 0 Å². The Morgan fingerprint density at radius 1 is 1.40 bits per heavy atom. The van der Waals surface area contributed by atoms with Gasteiger partial charge in [0.05, 0.1) is 7.11 Å². The third-order valence-electron chi connectivity index (χ3n) is 4.45. The Balaban J connectivity index is 1.81. The minimum atomic E-state index is 0.535. The van der Waals surface area contributed by atoms with Crippen LogP contribution in [0.1, 0.15) is 31.7 Å². The van der Waals surface area contributed by atoms with Crippen molar-refractivity contribution in [3.05, 3.63) is 29.8 Å². The van der Waals surface area contributed by atoms with Crippen molar-refractivity contribution in [3.63, 3.8) is 0 Å². The van der Waals surface area contributed by atoms with Crippen LogP contribution in [0.15, 0.2) is 24.3 Å². The first-order valence-electron chi connectivity index (χ1n) is 7.76. The molecular weight excluding hydrogens is 248 g/mol. The van der Waals surface area contributed by atoms with Crippen LogP contribution in [0.5, 0.6) is 5.75 Å². The maximum atomic E-state index is 5.44. The highest BCUT2D eigenvalue weighted by Gasteiger charge is 2.17. The van der Waals surface area contributed by atoms with Crippen molar-refractivity contribution in [1.82, 2.24) is 10.2 Å². The van der Waals surface area contributed by atoms with Gasteiger partial charge < -0.3 is 15.0 Å². The molecule has 0 bridgehead atoms. The number of likely N-dealkylation sites (N-methyl/N-ethyl adjacent to an activating group) is 1. The Hall–Kier alpha value is -1.06. The largest absolute Gasteiger partial charge is 0.496 e. The highest BCUT2D eigenvalue weighted by atomic mass is 16.5. The maximum absolute atomic E-state index is 5.44. The van der Waals surface area contributed by atoms with Gasteiger partial charge in [-0.15, -0.1) is 0 Å². The minimum Gasteiger partial charge on any atom is -0.496 e. The molecule has 1 aromatic carbocycles. The van der Waals surface area contributed by atoms with Gasteiger partial charge in [0, 0.05) is 12.1 Å². The number of benzene rings is 1. The Morgan fingerprint density at radius 3 is 2.90 bits per heavy atom. The summed E-state index contributed by atoms with van der Waals surface area (Å²) in [7, 11) is 3.98. The topological polar surface area (TPSA) is 24.5 Å². The molecule has 1 aromatic rings. The zero-order chi connectivity index (χ0) is 14.4. The SMILES string of the molecule is COc1ccccc1CC(C)N(C)CCC1CCCN1. The third-order valence-corrected chi connectivity index (χ3v) is 4.45. The molecule has 0 aromatic heterocycles. The number of rotatable bonds is 7. The molecule has 0 saturated carbocycles. The van der Waals surface area contributed by atoms with Gasteiger partial charge >= 0.3 is 0 Å². The molecule has 3 heteroatoms. The molecule has 1 fully saturated rings. The fraction of sp³-hybridized carbons (Fsp3) is 0.647. The van der Waals surface area contributed by atoms with Crippen molar-refractivity contribution < 1.29 is 4.74 Å². The quantitative estimate of drug-likeness (QED) is 0.828. The van der Waals surface area contributed by atoms with Gasteiger partial charge in [0.25, 0.3) is 0 Å². The van der Waals surface area contributed by atoms with Gasteiger partial charge in [-0.2, -0.15) is 0 Å². The van der Waals surface area contributed by atoms with E-state index in [4.69, 9.17) is 4.74 Å². The summed E-state index contributed by atoms with van der Waals surface area (Å²) in [6.07, 6.45) is 4.98. The molecule has 1 aliphatic heterocycles. The van der Waals surface area contributed by atoms with E-state index in [0.717, 1.165) is 24.8 Å². The molecule has 1 aliphatic rings. The van der Waals surface area contributed by atoms with Crippen molar-refractivity contribution in [2.45, 2.75) is 44.7 Å². The second-order valence-electron chi connectivity index (χ2n) is 5.93. The number of para-hydroxylation sites is 1. The summed E-state index contributed by atoms with van der Waals surface area (Å²) in [6.45, 7) is 4.66. The molecule has 2 unspecified atom stereocenters. The molecule has 1 N–H and O–H groups in total. The molecule has 3 nitrogen and oxygen atoms in total. The van der Waals surface area contributed by atoms with Gasteiger partial charge in [-0.25, -0.2) is 0 Å². The van der Waals surface area contributed by atoms with Crippen LogP contribution in [0.2, 0.25) is 0 Å². The van der Waals surface area contributed by atoms with E-state index in [1.807, 2.05) is 12.1 Å². The molecule has 0 amide bonds. The van der Waals surface area contributed by atoms with Crippen LogP contribution in [-0.2, 0) is 6.42 Å². The molecule has 112 valence electrons. The van der Waals surface area contributed by atoms with E-state index in [0.29, 0.717) is 6.04 Å². The third kappa shape index (κ3) is 4.22. The Bertz CT molecular complexity index is 402. The van der Waals surface area contributed by atoms with Crippen molar-refractivity contribution in [2.75, 3.05) is 27.2 Å². The van der Waals surface area contributed by atoms with Gasteiger partial charge in [0.2, 0.25) is 0 Å². The molecule has 0 aliphatic carbocycles. The normalized spacial score (nSPS) is 20.3. The maximum Gasteiger partial charge on any atom is 0.122 e. The number of methoxy groups -OCH3 is 1. The molecule has 0 spiro atoms. The number of ether oxygens (including phenoxy) is 1. The Kier molecular flexibility index (Phi) is 5.86. The van der Waals surface area contributed by atoms with E-state index in [1.54, 1.807) is 7.11 Å². The lowest BCUT2D eigenvalue weighted by atomic mass is 10.0. The minimum absolute atomic E-state index is 0.535. The van der Waals surface area contributed by atoms with Crippen molar-refractivity contribution >= 4 is 0 Å². The lowest BCUT2D eigenvalue weighted by Gasteiger charge is -2.26. The van der Waals surface area contributed by atoms with E-state index >= 15 is 0 Å². The Labute approximate surface area is 123 Å².